The highest BCUT2D eigenvalue weighted by atomic mass is 16.5. The molecule has 2 heterocycles. The summed E-state index contributed by atoms with van der Waals surface area (Å²) in [5.74, 6) is 1.46. The summed E-state index contributed by atoms with van der Waals surface area (Å²) >= 11 is 0. The maximum absolute atomic E-state index is 13.0. The number of hydrogen-bond acceptors (Lipinski definition) is 7. The molecular formula is C23H21N5O3. The third kappa shape index (κ3) is 4.75. The summed E-state index contributed by atoms with van der Waals surface area (Å²) in [5.41, 5.74) is 1.30. The molecule has 156 valence electrons. The van der Waals surface area contributed by atoms with Crippen molar-refractivity contribution in [2.45, 2.75) is 26.2 Å². The molecule has 0 fully saturated rings. The van der Waals surface area contributed by atoms with Crippen LogP contribution < -0.4 is 10.1 Å². The molecule has 0 unspecified atom stereocenters. The second-order valence-corrected chi connectivity index (χ2v) is 7.85. The number of nitrogens with one attached hydrogen (secondary N) is 1. The molecule has 8 nitrogen and oxygen atoms in total. The van der Waals surface area contributed by atoms with Gasteiger partial charge in [-0.25, -0.2) is 4.98 Å². The van der Waals surface area contributed by atoms with Gasteiger partial charge in [0.2, 0.25) is 5.88 Å². The molecule has 0 bridgehead atoms. The fourth-order valence-corrected chi connectivity index (χ4v) is 2.80. The zero-order valence-electron chi connectivity index (χ0n) is 17.4. The number of carbonyl (C=O) groups is 1. The van der Waals surface area contributed by atoms with Crippen molar-refractivity contribution in [2.24, 2.45) is 0 Å². The Hall–Kier alpha value is -4.07. The van der Waals surface area contributed by atoms with E-state index in [-0.39, 0.29) is 11.3 Å². The molecule has 2 aromatic heterocycles. The highest BCUT2D eigenvalue weighted by molar-refractivity contribution is 6.08. The molecule has 1 N–H and O–H groups in total. The number of rotatable bonds is 5. The molecule has 0 atom stereocenters. The highest BCUT2D eigenvalue weighted by Crippen LogP contribution is 2.27. The van der Waals surface area contributed by atoms with Gasteiger partial charge in [-0.3, -0.25) is 9.78 Å². The summed E-state index contributed by atoms with van der Waals surface area (Å²) in [4.78, 5) is 25.5. The van der Waals surface area contributed by atoms with E-state index in [1.807, 2.05) is 26.8 Å². The van der Waals surface area contributed by atoms with Gasteiger partial charge in [-0.1, -0.05) is 44.1 Å². The van der Waals surface area contributed by atoms with Gasteiger partial charge < -0.3 is 14.6 Å². The minimum absolute atomic E-state index is 0.261. The molecule has 0 aliphatic heterocycles. The number of benzene rings is 2. The van der Waals surface area contributed by atoms with Crippen molar-refractivity contribution in [2.75, 3.05) is 5.32 Å². The molecule has 31 heavy (non-hydrogen) atoms. The van der Waals surface area contributed by atoms with Crippen molar-refractivity contribution in [1.82, 2.24) is 20.1 Å². The lowest BCUT2D eigenvalue weighted by molar-refractivity contribution is 0.102. The van der Waals surface area contributed by atoms with Crippen molar-refractivity contribution in [3.05, 3.63) is 78.5 Å². The summed E-state index contributed by atoms with van der Waals surface area (Å²) in [5, 5.41) is 6.94. The quantitative estimate of drug-likeness (QED) is 0.496. The van der Waals surface area contributed by atoms with Gasteiger partial charge in [0.1, 0.15) is 5.75 Å². The zero-order chi connectivity index (χ0) is 21.8. The maximum Gasteiger partial charge on any atom is 0.258 e. The number of hydrogen-bond donors (Lipinski definition) is 1. The van der Waals surface area contributed by atoms with Crippen molar-refractivity contribution in [3.8, 4) is 23.1 Å². The predicted molar refractivity (Wildman–Crippen MR) is 115 cm³/mol. The average molecular weight is 415 g/mol. The van der Waals surface area contributed by atoms with Crippen molar-refractivity contribution >= 4 is 11.6 Å². The summed E-state index contributed by atoms with van der Waals surface area (Å²) in [6, 6.07) is 14.1. The van der Waals surface area contributed by atoms with Gasteiger partial charge in [-0.05, 0) is 24.3 Å². The summed E-state index contributed by atoms with van der Waals surface area (Å²) in [6.45, 7) is 5.99. The molecule has 0 saturated carbocycles. The lowest BCUT2D eigenvalue weighted by atomic mass is 9.96. The Labute approximate surface area is 179 Å². The third-order valence-corrected chi connectivity index (χ3v) is 4.35. The van der Waals surface area contributed by atoms with Gasteiger partial charge in [0.05, 0.1) is 17.3 Å². The van der Waals surface area contributed by atoms with Gasteiger partial charge >= 0.3 is 0 Å². The van der Waals surface area contributed by atoms with E-state index >= 15 is 0 Å². The van der Waals surface area contributed by atoms with Crippen molar-refractivity contribution < 1.29 is 14.1 Å². The van der Waals surface area contributed by atoms with E-state index in [2.05, 4.69) is 25.4 Å². The van der Waals surface area contributed by atoms with Crippen LogP contribution >= 0.6 is 0 Å². The van der Waals surface area contributed by atoms with E-state index < -0.39 is 0 Å². The topological polar surface area (TPSA) is 103 Å². The Kier molecular flexibility index (Phi) is 5.44. The summed E-state index contributed by atoms with van der Waals surface area (Å²) in [7, 11) is 0. The van der Waals surface area contributed by atoms with Crippen LogP contribution in [0.2, 0.25) is 0 Å². The van der Waals surface area contributed by atoms with E-state index in [9.17, 15) is 4.79 Å². The van der Waals surface area contributed by atoms with Crippen LogP contribution in [0.3, 0.4) is 0 Å². The fourth-order valence-electron chi connectivity index (χ4n) is 2.80. The maximum atomic E-state index is 13.0. The van der Waals surface area contributed by atoms with Gasteiger partial charge in [0.15, 0.2) is 5.82 Å². The lowest BCUT2D eigenvalue weighted by Crippen LogP contribution is -2.14. The SMILES string of the molecule is CC(C)(C)c1noc(-c2ccccc2C(=O)Nc2cccc(Oc3cnccn3)c2)n1. The van der Waals surface area contributed by atoms with E-state index in [0.717, 1.165) is 0 Å². The molecule has 0 radical (unpaired) electrons. The second-order valence-electron chi connectivity index (χ2n) is 7.85. The van der Waals surface area contributed by atoms with Gasteiger partial charge in [-0.2, -0.15) is 4.98 Å². The Morgan fingerprint density at radius 1 is 1.06 bits per heavy atom. The summed E-state index contributed by atoms with van der Waals surface area (Å²) in [6.07, 6.45) is 4.62. The molecule has 0 aliphatic rings. The Balaban J connectivity index is 1.56. The van der Waals surface area contributed by atoms with Crippen LogP contribution in [0.5, 0.6) is 11.6 Å². The average Bonchev–Trinajstić information content (AvgIpc) is 3.26. The molecule has 4 rings (SSSR count). The largest absolute Gasteiger partial charge is 0.437 e. The van der Waals surface area contributed by atoms with Crippen LogP contribution in [0.4, 0.5) is 5.69 Å². The Morgan fingerprint density at radius 2 is 1.90 bits per heavy atom. The molecular weight excluding hydrogens is 394 g/mol. The first-order valence-electron chi connectivity index (χ1n) is 9.69. The second kappa shape index (κ2) is 8.35. The number of amides is 1. The van der Waals surface area contributed by atoms with Gasteiger partial charge in [0.25, 0.3) is 11.8 Å². The number of ether oxygens (including phenoxy) is 1. The first kappa shape index (κ1) is 20.2. The number of nitrogens with zero attached hydrogens (tertiary/aromatic N) is 4. The highest BCUT2D eigenvalue weighted by Gasteiger charge is 2.23. The minimum Gasteiger partial charge on any atom is -0.437 e. The van der Waals surface area contributed by atoms with Crippen LogP contribution in [0.15, 0.2) is 71.6 Å². The van der Waals surface area contributed by atoms with Crippen LogP contribution in [0.1, 0.15) is 37.0 Å². The van der Waals surface area contributed by atoms with Crippen LogP contribution in [-0.2, 0) is 5.41 Å². The number of carbonyl (C=O) groups excluding carboxylic acids is 1. The normalized spacial score (nSPS) is 11.2. The van der Waals surface area contributed by atoms with E-state index in [1.165, 1.54) is 6.20 Å². The third-order valence-electron chi connectivity index (χ3n) is 4.35. The van der Waals surface area contributed by atoms with Crippen molar-refractivity contribution in [1.29, 1.82) is 0 Å². The Bertz CT molecular complexity index is 1200. The van der Waals surface area contributed by atoms with Crippen LogP contribution in [-0.4, -0.2) is 26.0 Å². The summed E-state index contributed by atoms with van der Waals surface area (Å²) < 4.78 is 11.1. The number of aromatic nitrogens is 4. The smallest absolute Gasteiger partial charge is 0.258 e. The van der Waals surface area contributed by atoms with Crippen molar-refractivity contribution in [3.63, 3.8) is 0 Å². The van der Waals surface area contributed by atoms with Gasteiger partial charge in [0, 0.05) is 29.6 Å². The van der Waals surface area contributed by atoms with Crippen LogP contribution in [0, 0.1) is 0 Å². The van der Waals surface area contributed by atoms with Gasteiger partial charge in [-0.15, -0.1) is 0 Å². The zero-order valence-corrected chi connectivity index (χ0v) is 17.4. The molecule has 8 heteroatoms. The number of anilines is 1. The fraction of sp³-hybridized carbons (Fsp3) is 0.174. The van der Waals surface area contributed by atoms with E-state index in [1.54, 1.807) is 54.9 Å². The van der Waals surface area contributed by atoms with E-state index in [0.29, 0.717) is 40.2 Å². The molecule has 4 aromatic rings. The standard InChI is InChI=1S/C23H21N5O3/c1-23(2,3)22-27-21(31-28-22)18-10-5-4-9-17(18)20(29)26-15-7-6-8-16(13-15)30-19-14-24-11-12-25-19/h4-14H,1-3H3,(H,26,29). The monoisotopic (exact) mass is 415 g/mol. The molecule has 1 amide bonds. The first-order valence-corrected chi connectivity index (χ1v) is 9.69. The molecule has 0 aliphatic carbocycles. The van der Waals surface area contributed by atoms with E-state index in [4.69, 9.17) is 9.26 Å². The minimum atomic E-state index is -0.303. The Morgan fingerprint density at radius 3 is 2.65 bits per heavy atom. The molecule has 2 aromatic carbocycles. The molecule has 0 saturated heterocycles. The molecule has 0 spiro atoms. The lowest BCUT2D eigenvalue weighted by Gasteiger charge is -2.11. The predicted octanol–water partition coefficient (Wildman–Crippen LogP) is 4.87. The first-order chi connectivity index (χ1) is 14.9. The van der Waals surface area contributed by atoms with Crippen LogP contribution in [0.25, 0.3) is 11.5 Å².